The second-order valence-corrected chi connectivity index (χ2v) is 7.04. The summed E-state index contributed by atoms with van der Waals surface area (Å²) in [6, 6.07) is 17.9. The third-order valence-electron chi connectivity index (χ3n) is 5.11. The van der Waals surface area contributed by atoms with Gasteiger partial charge in [-0.15, -0.1) is 10.2 Å². The number of ether oxygens (including phenoxy) is 1. The highest BCUT2D eigenvalue weighted by atomic mass is 16.5. The molecule has 3 aromatic carbocycles. The van der Waals surface area contributed by atoms with E-state index in [1.165, 1.54) is 9.70 Å². The topological polar surface area (TPSA) is 77.3 Å². The Balaban J connectivity index is 1.55. The maximum absolute atomic E-state index is 12.9. The molecule has 148 valence electrons. The lowest BCUT2D eigenvalue weighted by Gasteiger charge is -2.16. The fourth-order valence-corrected chi connectivity index (χ4v) is 3.66. The average molecular weight is 398 g/mol. The highest BCUT2D eigenvalue weighted by molar-refractivity contribution is 6.34. The van der Waals surface area contributed by atoms with Gasteiger partial charge in [-0.05, 0) is 67.9 Å². The average Bonchev–Trinajstić information content (AvgIpc) is 3.27. The number of hydrogen-bond acceptors (Lipinski definition) is 5. The Hall–Kier alpha value is -4.00. The molecule has 0 unspecified atom stereocenters. The molecule has 30 heavy (non-hydrogen) atoms. The van der Waals surface area contributed by atoms with Gasteiger partial charge in [0.1, 0.15) is 16.8 Å². The summed E-state index contributed by atoms with van der Waals surface area (Å²) in [6.07, 6.45) is 0. The van der Waals surface area contributed by atoms with E-state index < -0.39 is 0 Å². The van der Waals surface area contributed by atoms with Crippen LogP contribution in [0.25, 0.3) is 16.7 Å². The van der Waals surface area contributed by atoms with E-state index in [1.54, 1.807) is 30.3 Å². The zero-order chi connectivity index (χ0) is 20.8. The Bertz CT molecular complexity index is 1270. The maximum atomic E-state index is 12.9. The number of carbonyl (C=O) groups excluding carboxylic acids is 2. The number of imide groups is 1. The molecule has 1 aliphatic rings. The van der Waals surface area contributed by atoms with Crippen LogP contribution in [0.15, 0.2) is 60.7 Å². The van der Waals surface area contributed by atoms with Crippen LogP contribution < -0.4 is 9.64 Å². The second-order valence-electron chi connectivity index (χ2n) is 7.04. The molecule has 0 N–H and O–H groups in total. The number of aromatic nitrogens is 3. The van der Waals surface area contributed by atoms with E-state index in [0.717, 1.165) is 17.0 Å². The van der Waals surface area contributed by atoms with Crippen LogP contribution in [0, 0.1) is 6.92 Å². The number of nitrogens with zero attached hydrogens (tertiary/aromatic N) is 4. The number of aryl methyl sites for hydroxylation is 1. The summed E-state index contributed by atoms with van der Waals surface area (Å²) in [4.78, 5) is 28.5. The number of fused-ring (bicyclic) bond motifs is 2. The number of rotatable bonds is 4. The molecule has 7 heteroatoms. The number of carbonyl (C=O) groups is 2. The second kappa shape index (κ2) is 6.81. The van der Waals surface area contributed by atoms with Gasteiger partial charge in [-0.25, -0.2) is 4.90 Å². The van der Waals surface area contributed by atoms with Gasteiger partial charge in [0.05, 0.1) is 29.1 Å². The summed E-state index contributed by atoms with van der Waals surface area (Å²) in [5.41, 5.74) is 4.20. The first kappa shape index (κ1) is 18.1. The Morgan fingerprint density at radius 3 is 2.07 bits per heavy atom. The summed E-state index contributed by atoms with van der Waals surface area (Å²) in [5, 5.41) is 9.09. The third-order valence-corrected chi connectivity index (χ3v) is 5.11. The molecule has 1 aromatic heterocycles. The molecule has 4 aromatic rings. The van der Waals surface area contributed by atoms with Crippen molar-refractivity contribution in [2.24, 2.45) is 0 Å². The smallest absolute Gasteiger partial charge is 0.266 e. The highest BCUT2D eigenvalue weighted by Gasteiger charge is 2.37. The van der Waals surface area contributed by atoms with Crippen LogP contribution in [0.3, 0.4) is 0 Å². The van der Waals surface area contributed by atoms with Crippen LogP contribution in [0.2, 0.25) is 0 Å². The van der Waals surface area contributed by atoms with Crippen LogP contribution in [0.1, 0.15) is 33.2 Å². The van der Waals surface area contributed by atoms with E-state index in [9.17, 15) is 9.59 Å². The summed E-state index contributed by atoms with van der Waals surface area (Å²) in [6.45, 7) is 4.39. The van der Waals surface area contributed by atoms with E-state index in [1.807, 2.05) is 44.2 Å². The number of anilines is 1. The molecule has 5 rings (SSSR count). The van der Waals surface area contributed by atoms with Gasteiger partial charge >= 0.3 is 0 Å². The maximum Gasteiger partial charge on any atom is 0.266 e. The molecule has 0 radical (unpaired) electrons. The van der Waals surface area contributed by atoms with Crippen LogP contribution in [0.5, 0.6) is 5.75 Å². The molecule has 2 heterocycles. The van der Waals surface area contributed by atoms with Gasteiger partial charge in [0.2, 0.25) is 0 Å². The normalized spacial score (nSPS) is 13.2. The molecule has 0 atom stereocenters. The van der Waals surface area contributed by atoms with Crippen LogP contribution in [-0.2, 0) is 0 Å². The lowest BCUT2D eigenvalue weighted by Crippen LogP contribution is -2.30. The van der Waals surface area contributed by atoms with Gasteiger partial charge in [-0.2, -0.15) is 4.80 Å². The van der Waals surface area contributed by atoms with Crippen molar-refractivity contribution in [3.05, 3.63) is 77.4 Å². The van der Waals surface area contributed by atoms with Crippen molar-refractivity contribution >= 4 is 28.5 Å². The molecule has 0 saturated heterocycles. The van der Waals surface area contributed by atoms with Crippen LogP contribution >= 0.6 is 0 Å². The molecule has 0 saturated carbocycles. The lowest BCUT2D eigenvalue weighted by molar-refractivity contribution is 0.0926. The first-order chi connectivity index (χ1) is 14.6. The minimum absolute atomic E-state index is 0.322. The summed E-state index contributed by atoms with van der Waals surface area (Å²) in [5.74, 6) is 0.135. The first-order valence-corrected chi connectivity index (χ1v) is 9.65. The molecular formula is C23H18N4O3. The molecule has 0 spiro atoms. The van der Waals surface area contributed by atoms with Gasteiger partial charge in [0.25, 0.3) is 11.8 Å². The standard InChI is InChI=1S/C23H18N4O3/c1-3-30-16-10-8-15(9-11-16)27-24-19-12-14(2)21(13-20(19)25-27)26-22(28)17-6-4-5-7-18(17)23(26)29/h4-13H,3H2,1-2H3. The van der Waals surface area contributed by atoms with Gasteiger partial charge in [0, 0.05) is 0 Å². The quantitative estimate of drug-likeness (QED) is 0.487. The molecular weight excluding hydrogens is 380 g/mol. The van der Waals surface area contributed by atoms with Crippen molar-refractivity contribution in [1.29, 1.82) is 0 Å². The van der Waals surface area contributed by atoms with E-state index in [4.69, 9.17) is 4.74 Å². The largest absolute Gasteiger partial charge is 0.494 e. The SMILES string of the molecule is CCOc1ccc(-n2nc3cc(C)c(N4C(=O)c5ccccc5C4=O)cc3n2)cc1. The van der Waals surface area contributed by atoms with Crippen molar-refractivity contribution in [1.82, 2.24) is 15.0 Å². The monoisotopic (exact) mass is 398 g/mol. The molecule has 0 fully saturated rings. The molecule has 0 aliphatic carbocycles. The van der Waals surface area contributed by atoms with Crippen LogP contribution in [0.4, 0.5) is 5.69 Å². The fourth-order valence-electron chi connectivity index (χ4n) is 3.66. The van der Waals surface area contributed by atoms with Gasteiger partial charge in [-0.3, -0.25) is 9.59 Å². The summed E-state index contributed by atoms with van der Waals surface area (Å²) in [7, 11) is 0. The minimum Gasteiger partial charge on any atom is -0.494 e. The Morgan fingerprint density at radius 2 is 1.47 bits per heavy atom. The molecule has 1 aliphatic heterocycles. The molecule has 7 nitrogen and oxygen atoms in total. The first-order valence-electron chi connectivity index (χ1n) is 9.65. The van der Waals surface area contributed by atoms with E-state index >= 15 is 0 Å². The van der Waals surface area contributed by atoms with Gasteiger partial charge < -0.3 is 4.74 Å². The van der Waals surface area contributed by atoms with E-state index in [2.05, 4.69) is 10.2 Å². The predicted molar refractivity (Wildman–Crippen MR) is 112 cm³/mol. The summed E-state index contributed by atoms with van der Waals surface area (Å²) >= 11 is 0. The van der Waals surface area contributed by atoms with E-state index in [0.29, 0.717) is 34.5 Å². The number of hydrogen-bond donors (Lipinski definition) is 0. The minimum atomic E-state index is -0.322. The van der Waals surface area contributed by atoms with Crippen molar-refractivity contribution < 1.29 is 14.3 Å². The summed E-state index contributed by atoms with van der Waals surface area (Å²) < 4.78 is 5.47. The van der Waals surface area contributed by atoms with Crippen LogP contribution in [-0.4, -0.2) is 33.4 Å². The predicted octanol–water partition coefficient (Wildman–Crippen LogP) is 3.93. The molecule has 2 amide bonds. The Labute approximate surface area is 172 Å². The number of amides is 2. The van der Waals surface area contributed by atoms with Crippen molar-refractivity contribution in [3.8, 4) is 11.4 Å². The Kier molecular flexibility index (Phi) is 4.10. The van der Waals surface area contributed by atoms with E-state index in [-0.39, 0.29) is 11.8 Å². The van der Waals surface area contributed by atoms with Gasteiger partial charge in [0.15, 0.2) is 0 Å². The van der Waals surface area contributed by atoms with Crippen molar-refractivity contribution in [2.45, 2.75) is 13.8 Å². The fraction of sp³-hybridized carbons (Fsp3) is 0.130. The Morgan fingerprint density at radius 1 is 0.867 bits per heavy atom. The zero-order valence-electron chi connectivity index (χ0n) is 16.5. The zero-order valence-corrected chi connectivity index (χ0v) is 16.5. The van der Waals surface area contributed by atoms with Crippen molar-refractivity contribution in [2.75, 3.05) is 11.5 Å². The van der Waals surface area contributed by atoms with Crippen molar-refractivity contribution in [3.63, 3.8) is 0 Å². The third kappa shape index (κ3) is 2.75. The lowest BCUT2D eigenvalue weighted by atomic mass is 10.1. The number of benzene rings is 3. The van der Waals surface area contributed by atoms with Gasteiger partial charge in [-0.1, -0.05) is 12.1 Å². The molecule has 0 bridgehead atoms. The highest BCUT2D eigenvalue weighted by Crippen LogP contribution is 2.32.